The van der Waals surface area contributed by atoms with Gasteiger partial charge in [-0.1, -0.05) is 11.8 Å². The molecule has 0 aliphatic heterocycles. The van der Waals surface area contributed by atoms with E-state index in [9.17, 15) is 0 Å². The Kier molecular flexibility index (Phi) is 23.1. The van der Waals surface area contributed by atoms with Gasteiger partial charge in [0.2, 0.25) is 0 Å². The van der Waals surface area contributed by atoms with Crippen molar-refractivity contribution in [3.05, 3.63) is 0 Å². The Hall–Kier alpha value is 8.69. The average molecular weight is 672 g/mol. The summed E-state index contributed by atoms with van der Waals surface area (Å²) in [4.78, 5) is 0. The Labute approximate surface area is 169 Å². The third-order valence-corrected chi connectivity index (χ3v) is 128. The second-order valence-electron chi connectivity index (χ2n) is 3.06. The summed E-state index contributed by atoms with van der Waals surface area (Å²) in [6.07, 6.45) is 0. The van der Waals surface area contributed by atoms with Crippen LogP contribution in [0.25, 0.3) is 0 Å². The van der Waals surface area contributed by atoms with Crippen molar-refractivity contribution in [3.63, 3.8) is 0 Å². The molecule has 0 aliphatic carbocycles. The van der Waals surface area contributed by atoms with Gasteiger partial charge in [-0.2, -0.15) is 0 Å². The summed E-state index contributed by atoms with van der Waals surface area (Å²) in [6.45, 7) is 0.0659. The standard InChI is InChI=1S/H20P20S/c1-12(2)18(13(3)4)17(11-21)20(16(9)10)19(14(5)6)15(7)8/h1-10H2. The Bertz CT molecular complexity index is 272. The molecule has 0 nitrogen and oxygen atoms in total. The van der Waals surface area contributed by atoms with E-state index in [1.165, 1.54) is 7.04 Å². The molecule has 12 atom stereocenters. The third kappa shape index (κ3) is 11.2. The lowest BCUT2D eigenvalue weighted by atomic mass is 28.6. The minimum atomic E-state index is -0.0342. The van der Waals surface area contributed by atoms with E-state index in [-0.39, 0.29) is 62.9 Å². The van der Waals surface area contributed by atoms with Crippen LogP contribution in [-0.4, -0.2) is 0 Å². The van der Waals surface area contributed by atoms with E-state index in [1.54, 1.807) is 0 Å². The van der Waals surface area contributed by atoms with Crippen molar-refractivity contribution in [3.8, 4) is 0 Å². The van der Waals surface area contributed by atoms with Gasteiger partial charge in [-0.05, 0) is 48.9 Å². The van der Waals surface area contributed by atoms with Gasteiger partial charge in [-0.25, -0.2) is 0 Å². The molecule has 21 heteroatoms. The Morgan fingerprint density at radius 1 is 0.476 bits per heavy atom. The topological polar surface area (TPSA) is 0 Å². The van der Waals surface area contributed by atoms with Crippen molar-refractivity contribution < 1.29 is 0 Å². The third-order valence-electron chi connectivity index (χ3n) is 1.59. The van der Waals surface area contributed by atoms with Gasteiger partial charge in [0.1, 0.15) is 0 Å². The normalized spacial score (nSPS) is 16.4. The molecule has 21 heavy (non-hydrogen) atoms. The molecule has 0 spiro atoms. The molecule has 0 aromatic heterocycles. The van der Waals surface area contributed by atoms with Gasteiger partial charge in [0, 0.05) is 21.0 Å². The molecular weight excluding hydrogens is 652 g/mol. The lowest BCUT2D eigenvalue weighted by molar-refractivity contribution is 4.51. The van der Waals surface area contributed by atoms with E-state index in [1.807, 2.05) is 0 Å². The monoisotopic (exact) mass is 672 g/mol. The fourth-order valence-electron chi connectivity index (χ4n) is 1.00. The van der Waals surface area contributed by atoms with Crippen LogP contribution in [0.3, 0.4) is 0 Å². The second-order valence-corrected chi connectivity index (χ2v) is 82.5. The zero-order valence-electron chi connectivity index (χ0n) is 10.7. The molecular formula is H20P20S. The van der Waals surface area contributed by atoms with Crippen LogP contribution in [0.1, 0.15) is 0 Å². The van der Waals surface area contributed by atoms with Crippen molar-refractivity contribution in [2.45, 2.75) is 0 Å². The predicted molar refractivity (Wildman–Crippen MR) is 174 cm³/mol. The number of hydrogen-bond donors (Lipinski definition) is 0. The molecule has 0 amide bonds. The Morgan fingerprint density at radius 2 is 0.762 bits per heavy atom. The summed E-state index contributed by atoms with van der Waals surface area (Å²) in [5.41, 5.74) is 0. The van der Waals surface area contributed by atoms with Crippen LogP contribution >= 0.6 is 159 Å². The van der Waals surface area contributed by atoms with Crippen LogP contribution in [0.2, 0.25) is 0 Å². The van der Waals surface area contributed by atoms with Gasteiger partial charge >= 0.3 is 0 Å². The molecule has 0 N–H and O–H groups in total. The van der Waals surface area contributed by atoms with E-state index >= 15 is 0 Å². The van der Waals surface area contributed by atoms with Crippen LogP contribution in [0.15, 0.2) is 0 Å². The van der Waals surface area contributed by atoms with Gasteiger partial charge in [0.05, 0.1) is 0 Å². The summed E-state index contributed by atoms with van der Waals surface area (Å²) < 4.78 is 0. The lowest BCUT2D eigenvalue weighted by Crippen LogP contribution is -1.56. The maximum Gasteiger partial charge on any atom is 0.0290 e. The smallest absolute Gasteiger partial charge is 0.0290 e. The Morgan fingerprint density at radius 3 is 0.952 bits per heavy atom. The van der Waals surface area contributed by atoms with Gasteiger partial charge < -0.3 is 0 Å². The maximum absolute atomic E-state index is 5.68. The van der Waals surface area contributed by atoms with E-state index in [2.05, 4.69) is 89.3 Å². The van der Waals surface area contributed by atoms with Crippen molar-refractivity contribution in [2.24, 2.45) is 0 Å². The highest BCUT2D eigenvalue weighted by Gasteiger charge is 2.41. The fourth-order valence-corrected chi connectivity index (χ4v) is 243. The van der Waals surface area contributed by atoms with E-state index in [0.29, 0.717) is 0 Å². The zero-order valence-corrected chi connectivity index (χ0v) is 32.0. The Balaban J connectivity index is 5.72. The molecule has 0 saturated carbocycles. The lowest BCUT2D eigenvalue weighted by Gasteiger charge is -2.43. The molecule has 0 heterocycles. The molecule has 0 saturated heterocycles. The molecule has 0 radical (unpaired) electrons. The van der Waals surface area contributed by atoms with Gasteiger partial charge in [-0.3, -0.25) is 0 Å². The molecule has 12 unspecified atom stereocenters. The summed E-state index contributed by atoms with van der Waals surface area (Å²) in [5, 5.41) is 0. The highest BCUT2D eigenvalue weighted by Crippen LogP contribution is 3.29. The predicted octanol–water partition coefficient (Wildman–Crippen LogP) is 11.9. The van der Waals surface area contributed by atoms with E-state index in [0.717, 1.165) is 0 Å². The molecule has 126 valence electrons. The largest absolute Gasteiger partial charge is 0.102 e. The fraction of sp³-hybridized carbons (Fsp3) is 0. The minimum Gasteiger partial charge on any atom is -0.102 e. The minimum absolute atomic E-state index is 0.01000. The van der Waals surface area contributed by atoms with Crippen LogP contribution in [-0.2, 0) is 11.8 Å². The first-order valence-corrected chi connectivity index (χ1v) is 41.1. The summed E-state index contributed by atoms with van der Waals surface area (Å²) in [7, 11) is 32.5. The van der Waals surface area contributed by atoms with Crippen LogP contribution in [0, 0.1) is 0 Å². The molecule has 0 aromatic carbocycles. The molecule has 0 aromatic rings. The number of rotatable bonds is 9. The van der Waals surface area contributed by atoms with Crippen molar-refractivity contribution >= 4 is 171 Å². The maximum atomic E-state index is 5.68. The van der Waals surface area contributed by atoms with Crippen LogP contribution < -0.4 is 0 Å². The van der Waals surface area contributed by atoms with Gasteiger partial charge in [0.15, 0.2) is 0 Å². The first-order chi connectivity index (χ1) is 9.56. The summed E-state index contributed by atoms with van der Waals surface area (Å²) in [6, 6.07) is 0. The molecule has 0 aliphatic rings. The van der Waals surface area contributed by atoms with Crippen molar-refractivity contribution in [1.82, 2.24) is 0 Å². The average Bonchev–Trinajstić information content (AvgIpc) is 2.30. The van der Waals surface area contributed by atoms with E-state index < -0.39 is 0 Å². The highest BCUT2D eigenvalue weighted by molar-refractivity contribution is 9.35. The number of hydrogen-bond acceptors (Lipinski definition) is 1. The first kappa shape index (κ1) is 29.7. The first-order valence-electron chi connectivity index (χ1n) is 4.56. The van der Waals surface area contributed by atoms with Crippen LogP contribution in [0.4, 0.5) is 0 Å². The van der Waals surface area contributed by atoms with Crippen molar-refractivity contribution in [2.75, 3.05) is 0 Å². The van der Waals surface area contributed by atoms with E-state index in [4.69, 9.17) is 11.8 Å². The quantitative estimate of drug-likeness (QED) is 0.220. The summed E-state index contributed by atoms with van der Waals surface area (Å²) in [5.74, 6) is 0. The van der Waals surface area contributed by atoms with Gasteiger partial charge in [-0.15, -0.1) is 89.3 Å². The van der Waals surface area contributed by atoms with Gasteiger partial charge in [0.25, 0.3) is 0 Å². The molecule has 0 rings (SSSR count). The molecule has 0 fully saturated rings. The second kappa shape index (κ2) is 16.3. The molecule has 0 bridgehead atoms. The zero-order chi connectivity index (χ0) is 16.9. The highest BCUT2D eigenvalue weighted by atomic mass is 33.4. The SMILES string of the molecule is PP(P)P(P(P)P)P(P=S)P(P(P)P)P(P(P)P)P(P)P. The van der Waals surface area contributed by atoms with Crippen molar-refractivity contribution in [1.29, 1.82) is 0 Å². The summed E-state index contributed by atoms with van der Waals surface area (Å²) >= 11 is 5.68. The van der Waals surface area contributed by atoms with Crippen LogP contribution in [0.5, 0.6) is 0 Å².